The van der Waals surface area contributed by atoms with Crippen LogP contribution in [0.2, 0.25) is 0 Å². The number of rotatable bonds is 4. The maximum atomic E-state index is 11.9. The molecule has 7 nitrogen and oxygen atoms in total. The molecule has 1 amide bonds. The highest BCUT2D eigenvalue weighted by Crippen LogP contribution is 2.21. The Morgan fingerprint density at radius 3 is 2.71 bits per heavy atom. The number of nitrogens with one attached hydrogen (secondary N) is 2. The number of nitrogens with zero attached hydrogens (tertiary/aromatic N) is 1. The second-order valence-electron chi connectivity index (χ2n) is 4.23. The number of hydrogen-bond acceptors (Lipinski definition) is 4. The van der Waals surface area contributed by atoms with Gasteiger partial charge in [-0.1, -0.05) is 0 Å². The minimum atomic E-state index is -3.47. The molecule has 98 valence electrons. The van der Waals surface area contributed by atoms with Gasteiger partial charge in [-0.2, -0.15) is 17.4 Å². The average Bonchev–Trinajstić information content (AvgIpc) is 3.11. The quantitative estimate of drug-likeness (QED) is 0.641. The minimum Gasteiger partial charge on any atom is -0.366 e. The van der Waals surface area contributed by atoms with Crippen molar-refractivity contribution in [2.45, 2.75) is 25.0 Å². The monoisotopic (exact) mass is 263 g/mol. The maximum Gasteiger partial charge on any atom is 0.279 e. The predicted molar refractivity (Wildman–Crippen MR) is 60.5 cm³/mol. The van der Waals surface area contributed by atoms with Crippen LogP contribution in [0.1, 0.15) is 12.8 Å². The molecular weight excluding hydrogens is 246 g/mol. The molecule has 2 rings (SSSR count). The van der Waals surface area contributed by atoms with Crippen molar-refractivity contribution < 1.29 is 17.9 Å². The Kier molecular flexibility index (Phi) is 3.67. The SMILES string of the molecule is CNC(=O)C1CN(S(=O)(=O)NC2CC2)CCO1. The molecule has 1 unspecified atom stereocenters. The third-order valence-corrected chi connectivity index (χ3v) is 4.44. The summed E-state index contributed by atoms with van der Waals surface area (Å²) in [7, 11) is -1.97. The molecule has 1 saturated heterocycles. The first-order chi connectivity index (χ1) is 8.03. The van der Waals surface area contributed by atoms with Gasteiger partial charge in [0.25, 0.3) is 10.2 Å². The Balaban J connectivity index is 1.98. The van der Waals surface area contributed by atoms with Crippen molar-refractivity contribution in [3.8, 4) is 0 Å². The number of ether oxygens (including phenoxy) is 1. The molecule has 1 aliphatic carbocycles. The van der Waals surface area contributed by atoms with Gasteiger partial charge in [0.05, 0.1) is 13.2 Å². The van der Waals surface area contributed by atoms with Gasteiger partial charge in [-0.3, -0.25) is 4.79 Å². The van der Waals surface area contributed by atoms with Gasteiger partial charge in [0.15, 0.2) is 0 Å². The number of carbonyl (C=O) groups is 1. The van der Waals surface area contributed by atoms with Crippen LogP contribution in [0, 0.1) is 0 Å². The lowest BCUT2D eigenvalue weighted by Crippen LogP contribution is -2.54. The lowest BCUT2D eigenvalue weighted by molar-refractivity contribution is -0.135. The number of morpholine rings is 1. The molecule has 0 spiro atoms. The van der Waals surface area contributed by atoms with E-state index >= 15 is 0 Å². The minimum absolute atomic E-state index is 0.0706. The first-order valence-electron chi connectivity index (χ1n) is 5.63. The first-order valence-corrected chi connectivity index (χ1v) is 7.07. The molecule has 0 radical (unpaired) electrons. The van der Waals surface area contributed by atoms with Gasteiger partial charge in [0.2, 0.25) is 5.91 Å². The van der Waals surface area contributed by atoms with Crippen LogP contribution in [0.4, 0.5) is 0 Å². The Hall–Kier alpha value is -0.700. The van der Waals surface area contributed by atoms with Gasteiger partial charge in [0, 0.05) is 19.6 Å². The highest BCUT2D eigenvalue weighted by molar-refractivity contribution is 7.87. The molecule has 1 saturated carbocycles. The normalized spacial score (nSPS) is 26.8. The number of amides is 1. The van der Waals surface area contributed by atoms with Crippen LogP contribution in [0.15, 0.2) is 0 Å². The smallest absolute Gasteiger partial charge is 0.279 e. The summed E-state index contributed by atoms with van der Waals surface area (Å²) in [6, 6.07) is 0.0706. The van der Waals surface area contributed by atoms with Crippen molar-refractivity contribution in [1.29, 1.82) is 0 Å². The molecule has 2 aliphatic rings. The first kappa shape index (κ1) is 12.7. The van der Waals surface area contributed by atoms with E-state index in [4.69, 9.17) is 4.74 Å². The molecule has 0 aromatic heterocycles. The van der Waals surface area contributed by atoms with Gasteiger partial charge in [0.1, 0.15) is 6.10 Å². The molecule has 1 aliphatic heterocycles. The average molecular weight is 263 g/mol. The van der Waals surface area contributed by atoms with Crippen molar-refractivity contribution in [3.63, 3.8) is 0 Å². The fourth-order valence-electron chi connectivity index (χ4n) is 1.65. The van der Waals surface area contributed by atoms with Crippen LogP contribution >= 0.6 is 0 Å². The molecule has 8 heteroatoms. The molecule has 1 atom stereocenters. The van der Waals surface area contributed by atoms with Crippen LogP contribution in [0.25, 0.3) is 0 Å². The van der Waals surface area contributed by atoms with Gasteiger partial charge < -0.3 is 10.1 Å². The van der Waals surface area contributed by atoms with E-state index in [1.165, 1.54) is 11.4 Å². The van der Waals surface area contributed by atoms with Crippen molar-refractivity contribution >= 4 is 16.1 Å². The molecule has 2 fully saturated rings. The van der Waals surface area contributed by atoms with Crippen LogP contribution in [-0.2, 0) is 19.7 Å². The zero-order valence-corrected chi connectivity index (χ0v) is 10.5. The van der Waals surface area contributed by atoms with Crippen LogP contribution < -0.4 is 10.0 Å². The molecule has 17 heavy (non-hydrogen) atoms. The second-order valence-corrected chi connectivity index (χ2v) is 5.93. The van der Waals surface area contributed by atoms with Crippen molar-refractivity contribution in [1.82, 2.24) is 14.3 Å². The topological polar surface area (TPSA) is 87.7 Å². The zero-order valence-electron chi connectivity index (χ0n) is 9.68. The van der Waals surface area contributed by atoms with Gasteiger partial charge in [-0.05, 0) is 12.8 Å². The van der Waals surface area contributed by atoms with Crippen LogP contribution in [0.3, 0.4) is 0 Å². The standard InChI is InChI=1S/C9H17N3O4S/c1-10-9(13)8-6-12(4-5-16-8)17(14,15)11-7-2-3-7/h7-8,11H,2-6H2,1H3,(H,10,13). The molecule has 0 aromatic carbocycles. The van der Waals surface area contributed by atoms with E-state index in [-0.39, 0.29) is 31.6 Å². The van der Waals surface area contributed by atoms with Crippen molar-refractivity contribution in [3.05, 3.63) is 0 Å². The lowest BCUT2D eigenvalue weighted by Gasteiger charge is -2.31. The fraction of sp³-hybridized carbons (Fsp3) is 0.889. The lowest BCUT2D eigenvalue weighted by atomic mass is 10.3. The Morgan fingerprint density at radius 1 is 1.41 bits per heavy atom. The van der Waals surface area contributed by atoms with Crippen molar-refractivity contribution in [2.75, 3.05) is 26.7 Å². The van der Waals surface area contributed by atoms with Crippen LogP contribution in [0.5, 0.6) is 0 Å². The number of hydrogen-bond donors (Lipinski definition) is 2. The highest BCUT2D eigenvalue weighted by Gasteiger charge is 2.35. The van der Waals surface area contributed by atoms with Crippen molar-refractivity contribution in [2.24, 2.45) is 0 Å². The van der Waals surface area contributed by atoms with E-state index in [2.05, 4.69) is 10.0 Å². The molecule has 1 heterocycles. The summed E-state index contributed by atoms with van der Waals surface area (Å²) in [5.74, 6) is -0.295. The second kappa shape index (κ2) is 4.89. The fourth-order valence-corrected chi connectivity index (χ4v) is 3.10. The molecular formula is C9H17N3O4S. The van der Waals surface area contributed by atoms with E-state index in [1.807, 2.05) is 0 Å². The van der Waals surface area contributed by atoms with E-state index in [9.17, 15) is 13.2 Å². The summed E-state index contributed by atoms with van der Waals surface area (Å²) < 4.78 is 32.9. The van der Waals surface area contributed by atoms with E-state index in [1.54, 1.807) is 0 Å². The van der Waals surface area contributed by atoms with Crippen LogP contribution in [-0.4, -0.2) is 57.5 Å². The summed E-state index contributed by atoms with van der Waals surface area (Å²) in [5.41, 5.74) is 0. The van der Waals surface area contributed by atoms with Gasteiger partial charge in [-0.15, -0.1) is 0 Å². The van der Waals surface area contributed by atoms with E-state index in [0.29, 0.717) is 0 Å². The number of carbonyl (C=O) groups excluding carboxylic acids is 1. The third kappa shape index (κ3) is 3.15. The molecule has 0 aromatic rings. The summed E-state index contributed by atoms with van der Waals surface area (Å²) in [6.45, 7) is 0.598. The van der Waals surface area contributed by atoms with Gasteiger partial charge >= 0.3 is 0 Å². The third-order valence-electron chi connectivity index (χ3n) is 2.80. The van der Waals surface area contributed by atoms with E-state index < -0.39 is 16.3 Å². The number of likely N-dealkylation sites (N-methyl/N-ethyl adjacent to an activating group) is 1. The summed E-state index contributed by atoms with van der Waals surface area (Å²) in [6.07, 6.45) is 1.06. The summed E-state index contributed by atoms with van der Waals surface area (Å²) in [4.78, 5) is 11.4. The molecule has 2 N–H and O–H groups in total. The predicted octanol–water partition coefficient (Wildman–Crippen LogP) is -1.57. The zero-order chi connectivity index (χ0) is 12.5. The maximum absolute atomic E-state index is 11.9. The molecule has 0 bridgehead atoms. The highest BCUT2D eigenvalue weighted by atomic mass is 32.2. The Bertz CT molecular complexity index is 393. The van der Waals surface area contributed by atoms with E-state index in [0.717, 1.165) is 12.8 Å². The summed E-state index contributed by atoms with van der Waals surface area (Å²) in [5, 5.41) is 2.45. The largest absolute Gasteiger partial charge is 0.366 e. The summed E-state index contributed by atoms with van der Waals surface area (Å²) >= 11 is 0. The Labute approximate surface area is 101 Å². The Morgan fingerprint density at radius 2 is 2.12 bits per heavy atom. The van der Waals surface area contributed by atoms with Gasteiger partial charge in [-0.25, -0.2) is 0 Å².